The zero-order valence-electron chi connectivity index (χ0n) is 11.7. The van der Waals surface area contributed by atoms with Crippen molar-refractivity contribution in [1.82, 2.24) is 10.2 Å². The van der Waals surface area contributed by atoms with Crippen LogP contribution in [0, 0.1) is 0 Å². The maximum absolute atomic E-state index is 11.9. The Balaban J connectivity index is 1.54. The number of nitrogens with one attached hydrogen (secondary N) is 1. The Kier molecular flexibility index (Phi) is 4.69. The van der Waals surface area contributed by atoms with Gasteiger partial charge in [0.25, 0.3) is 0 Å². The lowest BCUT2D eigenvalue weighted by Crippen LogP contribution is -2.23. The first-order chi connectivity index (χ1) is 10.7. The molecule has 114 valence electrons. The summed E-state index contributed by atoms with van der Waals surface area (Å²) in [4.78, 5) is 25.3. The van der Waals surface area contributed by atoms with Gasteiger partial charge in [0.05, 0.1) is 5.75 Å². The van der Waals surface area contributed by atoms with Gasteiger partial charge in [-0.2, -0.15) is 0 Å². The Morgan fingerprint density at radius 2 is 2.18 bits per heavy atom. The summed E-state index contributed by atoms with van der Waals surface area (Å²) >= 11 is 2.77. The van der Waals surface area contributed by atoms with Crippen LogP contribution in [0.5, 0.6) is 0 Å². The number of carbonyl (C=O) groups is 2. The van der Waals surface area contributed by atoms with Gasteiger partial charge < -0.3 is 10.2 Å². The number of nitrogens with zero attached hydrogens (tertiary/aromatic N) is 3. The van der Waals surface area contributed by atoms with Gasteiger partial charge in [-0.1, -0.05) is 23.1 Å². The van der Waals surface area contributed by atoms with Crippen molar-refractivity contribution >= 4 is 46.3 Å². The Hall–Kier alpha value is -1.93. The second kappa shape index (κ2) is 6.89. The van der Waals surface area contributed by atoms with Crippen LogP contribution in [-0.2, 0) is 9.59 Å². The molecule has 2 aromatic rings. The minimum atomic E-state index is -0.0924. The number of hydrogen-bond acceptors (Lipinski definition) is 6. The lowest BCUT2D eigenvalue weighted by Gasteiger charge is -2.16. The van der Waals surface area contributed by atoms with Crippen molar-refractivity contribution in [1.29, 1.82) is 0 Å². The largest absolute Gasteiger partial charge is 0.325 e. The van der Waals surface area contributed by atoms with Crippen molar-refractivity contribution < 1.29 is 9.59 Å². The third kappa shape index (κ3) is 3.63. The van der Waals surface area contributed by atoms with Crippen molar-refractivity contribution in [3.05, 3.63) is 29.8 Å². The van der Waals surface area contributed by atoms with Crippen molar-refractivity contribution in [2.24, 2.45) is 0 Å². The molecule has 6 nitrogen and oxygen atoms in total. The average Bonchev–Trinajstić information content (AvgIpc) is 3.17. The summed E-state index contributed by atoms with van der Waals surface area (Å²) in [5.74, 6) is 0.358. The predicted molar refractivity (Wildman–Crippen MR) is 87.3 cm³/mol. The molecular formula is C14H14N4O2S2. The number of carbonyl (C=O) groups excluding carboxylic acids is 2. The van der Waals surface area contributed by atoms with E-state index in [1.165, 1.54) is 23.1 Å². The third-order valence-electron chi connectivity index (χ3n) is 3.20. The number of thioether (sulfide) groups is 1. The molecule has 0 spiro atoms. The molecule has 0 atom stereocenters. The topological polar surface area (TPSA) is 75.2 Å². The Labute approximate surface area is 135 Å². The van der Waals surface area contributed by atoms with Crippen LogP contribution in [0.4, 0.5) is 11.4 Å². The van der Waals surface area contributed by atoms with E-state index in [0.717, 1.165) is 28.7 Å². The highest BCUT2D eigenvalue weighted by Crippen LogP contribution is 2.23. The molecule has 2 heterocycles. The average molecular weight is 334 g/mol. The molecule has 22 heavy (non-hydrogen) atoms. The van der Waals surface area contributed by atoms with Gasteiger partial charge in [0.1, 0.15) is 5.51 Å². The van der Waals surface area contributed by atoms with Crippen LogP contribution in [-0.4, -0.2) is 34.3 Å². The van der Waals surface area contributed by atoms with E-state index in [0.29, 0.717) is 12.2 Å². The van der Waals surface area contributed by atoms with Gasteiger partial charge >= 0.3 is 0 Å². The maximum atomic E-state index is 11.9. The lowest BCUT2D eigenvalue weighted by atomic mass is 10.2. The fourth-order valence-electron chi connectivity index (χ4n) is 2.20. The molecule has 0 unspecified atom stereocenters. The van der Waals surface area contributed by atoms with Gasteiger partial charge in [0, 0.05) is 24.3 Å². The highest BCUT2D eigenvalue weighted by atomic mass is 32.2. The lowest BCUT2D eigenvalue weighted by molar-refractivity contribution is -0.117. The number of anilines is 2. The fraction of sp³-hybridized carbons (Fsp3) is 0.286. The summed E-state index contributed by atoms with van der Waals surface area (Å²) in [6.07, 6.45) is 1.52. The highest BCUT2D eigenvalue weighted by molar-refractivity contribution is 8.01. The number of hydrogen-bond donors (Lipinski definition) is 1. The molecule has 1 aliphatic rings. The summed E-state index contributed by atoms with van der Waals surface area (Å²) < 4.78 is 0.776. The number of benzene rings is 1. The molecule has 1 fully saturated rings. The molecular weight excluding hydrogens is 320 g/mol. The summed E-state index contributed by atoms with van der Waals surface area (Å²) in [5.41, 5.74) is 3.24. The van der Waals surface area contributed by atoms with Crippen LogP contribution in [0.2, 0.25) is 0 Å². The normalized spacial score (nSPS) is 14.4. The van der Waals surface area contributed by atoms with Gasteiger partial charge in [-0.25, -0.2) is 0 Å². The Morgan fingerprint density at radius 1 is 1.36 bits per heavy atom. The zero-order chi connectivity index (χ0) is 15.4. The summed E-state index contributed by atoms with van der Waals surface area (Å²) in [6, 6.07) is 7.34. The van der Waals surface area contributed by atoms with Crippen molar-refractivity contribution in [3.63, 3.8) is 0 Å². The molecule has 1 aromatic carbocycles. The molecule has 0 aliphatic carbocycles. The molecule has 3 rings (SSSR count). The van der Waals surface area contributed by atoms with Gasteiger partial charge in [0.2, 0.25) is 11.8 Å². The van der Waals surface area contributed by atoms with Crippen LogP contribution < -0.4 is 10.2 Å². The molecule has 8 heteroatoms. The zero-order valence-corrected chi connectivity index (χ0v) is 13.3. The molecule has 1 saturated heterocycles. The van der Waals surface area contributed by atoms with E-state index in [2.05, 4.69) is 15.5 Å². The van der Waals surface area contributed by atoms with Gasteiger partial charge in [-0.15, -0.1) is 10.2 Å². The monoisotopic (exact) mass is 334 g/mol. The third-order valence-corrected chi connectivity index (χ3v) is 5.06. The summed E-state index contributed by atoms with van der Waals surface area (Å²) in [7, 11) is 0. The minimum Gasteiger partial charge on any atom is -0.325 e. The number of amides is 2. The SMILES string of the molecule is O=C(CSc1nncs1)Nc1ccc(N2CCCC2=O)cc1. The summed E-state index contributed by atoms with van der Waals surface area (Å²) in [5, 5.41) is 10.4. The van der Waals surface area contributed by atoms with Gasteiger partial charge in [-0.3, -0.25) is 9.59 Å². The van der Waals surface area contributed by atoms with Crippen LogP contribution in [0.25, 0.3) is 0 Å². The van der Waals surface area contributed by atoms with Gasteiger partial charge in [-0.05, 0) is 30.7 Å². The number of rotatable bonds is 5. The molecule has 2 amide bonds. The fourth-order valence-corrected chi connectivity index (χ4v) is 3.48. The van der Waals surface area contributed by atoms with E-state index in [-0.39, 0.29) is 11.8 Å². The van der Waals surface area contributed by atoms with E-state index in [4.69, 9.17) is 0 Å². The molecule has 1 aliphatic heterocycles. The smallest absolute Gasteiger partial charge is 0.234 e. The maximum Gasteiger partial charge on any atom is 0.234 e. The van der Waals surface area contributed by atoms with Crippen molar-refractivity contribution in [2.75, 3.05) is 22.5 Å². The predicted octanol–water partition coefficient (Wildman–Crippen LogP) is 2.40. The van der Waals surface area contributed by atoms with E-state index in [1.54, 1.807) is 10.4 Å². The molecule has 0 bridgehead atoms. The van der Waals surface area contributed by atoms with E-state index in [9.17, 15) is 9.59 Å². The standard InChI is InChI=1S/C14H14N4O2S2/c19-12(8-21-14-17-15-9-22-14)16-10-3-5-11(6-4-10)18-7-1-2-13(18)20/h3-6,9H,1-2,7-8H2,(H,16,19). The minimum absolute atomic E-state index is 0.0924. The first kappa shape index (κ1) is 15.0. The van der Waals surface area contributed by atoms with Crippen LogP contribution in [0.15, 0.2) is 34.1 Å². The first-order valence-electron chi connectivity index (χ1n) is 6.81. The van der Waals surface area contributed by atoms with Crippen molar-refractivity contribution in [2.45, 2.75) is 17.2 Å². The molecule has 0 radical (unpaired) electrons. The Morgan fingerprint density at radius 3 is 2.82 bits per heavy atom. The quantitative estimate of drug-likeness (QED) is 0.850. The van der Waals surface area contributed by atoms with Crippen LogP contribution >= 0.6 is 23.1 Å². The van der Waals surface area contributed by atoms with Crippen LogP contribution in [0.1, 0.15) is 12.8 Å². The van der Waals surface area contributed by atoms with E-state index < -0.39 is 0 Å². The van der Waals surface area contributed by atoms with Crippen LogP contribution in [0.3, 0.4) is 0 Å². The highest BCUT2D eigenvalue weighted by Gasteiger charge is 2.21. The van der Waals surface area contributed by atoms with Crippen molar-refractivity contribution in [3.8, 4) is 0 Å². The number of aromatic nitrogens is 2. The second-order valence-electron chi connectivity index (χ2n) is 4.74. The van der Waals surface area contributed by atoms with E-state index in [1.807, 2.05) is 24.3 Å². The van der Waals surface area contributed by atoms with E-state index >= 15 is 0 Å². The molecule has 1 N–H and O–H groups in total. The second-order valence-corrected chi connectivity index (χ2v) is 6.79. The first-order valence-corrected chi connectivity index (χ1v) is 8.68. The summed E-state index contributed by atoms with van der Waals surface area (Å²) in [6.45, 7) is 0.767. The molecule has 0 saturated carbocycles. The van der Waals surface area contributed by atoms with Gasteiger partial charge in [0.15, 0.2) is 4.34 Å². The molecule has 1 aromatic heterocycles. The Bertz CT molecular complexity index is 658.